The largest absolute Gasteiger partial charge is 0.0999 e. The summed E-state index contributed by atoms with van der Waals surface area (Å²) in [4.78, 5) is 0. The van der Waals surface area contributed by atoms with E-state index in [0.717, 1.165) is 5.92 Å². The number of rotatable bonds is 0. The van der Waals surface area contributed by atoms with E-state index in [1.54, 1.807) is 0 Å². The zero-order valence-electron chi connectivity index (χ0n) is 12.0. The van der Waals surface area contributed by atoms with Crippen molar-refractivity contribution in [3.05, 3.63) is 12.2 Å². The summed E-state index contributed by atoms with van der Waals surface area (Å²) in [6.45, 7) is 6.66. The lowest BCUT2D eigenvalue weighted by molar-refractivity contribution is 0.475. The molecule has 1 atom stereocenters. The van der Waals surface area contributed by atoms with Crippen LogP contribution in [-0.2, 0) is 0 Å². The van der Waals surface area contributed by atoms with Crippen LogP contribution in [0.3, 0.4) is 0 Å². The second-order valence-electron chi connectivity index (χ2n) is 6.13. The number of hydrogen-bond acceptors (Lipinski definition) is 0. The summed E-state index contributed by atoms with van der Waals surface area (Å²) in [5.74, 6) is 0.868. The lowest BCUT2D eigenvalue weighted by Gasteiger charge is -2.13. The van der Waals surface area contributed by atoms with Gasteiger partial charge in [-0.3, -0.25) is 0 Å². The maximum Gasteiger partial charge on any atom is -0.0297 e. The quantitative estimate of drug-likeness (QED) is 0.435. The van der Waals surface area contributed by atoms with Crippen molar-refractivity contribution in [1.82, 2.24) is 0 Å². The first kappa shape index (κ1) is 14.8. The molecule has 17 heavy (non-hydrogen) atoms. The standard InChI is InChI=1S/C17H32/c1-16-13-11-9-7-5-3-4-6-8-10-12-14-17(2)15-16/h17H,1,3-15H2,2H3. The first-order valence-electron chi connectivity index (χ1n) is 7.95. The molecular formula is C17H32. The summed E-state index contributed by atoms with van der Waals surface area (Å²) in [6.07, 6.45) is 18.5. The highest BCUT2D eigenvalue weighted by molar-refractivity contribution is 4.95. The second-order valence-corrected chi connectivity index (χ2v) is 6.13. The Morgan fingerprint density at radius 3 is 1.82 bits per heavy atom. The summed E-state index contributed by atoms with van der Waals surface area (Å²) in [6, 6.07) is 0. The molecule has 0 aromatic carbocycles. The molecule has 0 bridgehead atoms. The minimum absolute atomic E-state index is 0.868. The molecule has 1 aliphatic carbocycles. The number of allylic oxidation sites excluding steroid dienone is 1. The molecule has 1 unspecified atom stereocenters. The van der Waals surface area contributed by atoms with E-state index in [1.165, 1.54) is 89.0 Å². The molecule has 1 fully saturated rings. The van der Waals surface area contributed by atoms with Crippen molar-refractivity contribution in [3.63, 3.8) is 0 Å². The van der Waals surface area contributed by atoms with Gasteiger partial charge in [-0.05, 0) is 25.2 Å². The molecule has 0 saturated heterocycles. The van der Waals surface area contributed by atoms with E-state index in [2.05, 4.69) is 13.5 Å². The summed E-state index contributed by atoms with van der Waals surface area (Å²) < 4.78 is 0. The predicted molar refractivity (Wildman–Crippen MR) is 78.3 cm³/mol. The van der Waals surface area contributed by atoms with Gasteiger partial charge >= 0.3 is 0 Å². The Hall–Kier alpha value is -0.260. The summed E-state index contributed by atoms with van der Waals surface area (Å²) in [5.41, 5.74) is 1.51. The highest BCUT2D eigenvalue weighted by atomic mass is 14.1. The SMILES string of the molecule is C=C1CCCCCCCCCCCCC(C)C1. The molecule has 0 spiro atoms. The molecule has 0 radical (unpaired) electrons. The molecule has 0 heteroatoms. The Morgan fingerprint density at radius 1 is 0.765 bits per heavy atom. The van der Waals surface area contributed by atoms with Gasteiger partial charge in [0.25, 0.3) is 0 Å². The normalized spacial score (nSPS) is 27.1. The molecule has 100 valence electrons. The van der Waals surface area contributed by atoms with Gasteiger partial charge in [0.05, 0.1) is 0 Å². The monoisotopic (exact) mass is 236 g/mol. The van der Waals surface area contributed by atoms with E-state index in [4.69, 9.17) is 0 Å². The van der Waals surface area contributed by atoms with Gasteiger partial charge in [-0.2, -0.15) is 0 Å². The van der Waals surface area contributed by atoms with Crippen LogP contribution in [0.2, 0.25) is 0 Å². The van der Waals surface area contributed by atoms with Crippen molar-refractivity contribution < 1.29 is 0 Å². The van der Waals surface area contributed by atoms with Crippen LogP contribution in [0.5, 0.6) is 0 Å². The lowest BCUT2D eigenvalue weighted by atomic mass is 9.93. The van der Waals surface area contributed by atoms with Crippen molar-refractivity contribution in [1.29, 1.82) is 0 Å². The van der Waals surface area contributed by atoms with Crippen LogP contribution in [0.4, 0.5) is 0 Å². The van der Waals surface area contributed by atoms with E-state index in [9.17, 15) is 0 Å². The zero-order chi connectivity index (χ0) is 12.3. The minimum Gasteiger partial charge on any atom is -0.0999 e. The van der Waals surface area contributed by atoms with Crippen molar-refractivity contribution in [2.45, 2.75) is 90.4 Å². The first-order chi connectivity index (χ1) is 8.29. The molecule has 0 heterocycles. The molecule has 0 N–H and O–H groups in total. The highest BCUT2D eigenvalue weighted by Gasteiger charge is 2.05. The van der Waals surface area contributed by atoms with Crippen molar-refractivity contribution in [3.8, 4) is 0 Å². The van der Waals surface area contributed by atoms with Gasteiger partial charge in [0.1, 0.15) is 0 Å². The van der Waals surface area contributed by atoms with Gasteiger partial charge in [-0.1, -0.05) is 83.3 Å². The lowest BCUT2D eigenvalue weighted by Crippen LogP contribution is -1.97. The molecule has 0 aliphatic heterocycles. The topological polar surface area (TPSA) is 0 Å². The molecule has 0 amide bonds. The van der Waals surface area contributed by atoms with Crippen LogP contribution in [0.25, 0.3) is 0 Å². The summed E-state index contributed by atoms with van der Waals surface area (Å²) in [5, 5.41) is 0. The second kappa shape index (κ2) is 9.74. The van der Waals surface area contributed by atoms with Crippen molar-refractivity contribution in [2.24, 2.45) is 5.92 Å². The molecule has 0 aromatic heterocycles. The van der Waals surface area contributed by atoms with E-state index in [0.29, 0.717) is 0 Å². The van der Waals surface area contributed by atoms with E-state index in [1.807, 2.05) is 0 Å². The Kier molecular flexibility index (Phi) is 8.48. The fourth-order valence-corrected chi connectivity index (χ4v) is 2.98. The Labute approximate surface area is 109 Å². The van der Waals surface area contributed by atoms with Gasteiger partial charge < -0.3 is 0 Å². The molecule has 0 nitrogen and oxygen atoms in total. The Bertz CT molecular complexity index is 192. The van der Waals surface area contributed by atoms with Crippen LogP contribution >= 0.6 is 0 Å². The third kappa shape index (κ3) is 8.46. The number of hydrogen-bond donors (Lipinski definition) is 0. The van der Waals surface area contributed by atoms with Crippen LogP contribution in [0.15, 0.2) is 12.2 Å². The average Bonchev–Trinajstić information content (AvgIpc) is 2.30. The van der Waals surface area contributed by atoms with Crippen LogP contribution < -0.4 is 0 Å². The van der Waals surface area contributed by atoms with Crippen molar-refractivity contribution >= 4 is 0 Å². The molecular weight excluding hydrogens is 204 g/mol. The van der Waals surface area contributed by atoms with Gasteiger partial charge in [0, 0.05) is 0 Å². The van der Waals surface area contributed by atoms with Gasteiger partial charge in [-0.15, -0.1) is 0 Å². The summed E-state index contributed by atoms with van der Waals surface area (Å²) in [7, 11) is 0. The third-order valence-electron chi connectivity index (χ3n) is 4.11. The predicted octanol–water partition coefficient (Wildman–Crippen LogP) is 6.26. The maximum atomic E-state index is 4.25. The fraction of sp³-hybridized carbons (Fsp3) is 0.882. The van der Waals surface area contributed by atoms with Crippen LogP contribution in [0.1, 0.15) is 90.4 Å². The smallest absolute Gasteiger partial charge is 0.0297 e. The van der Waals surface area contributed by atoms with Gasteiger partial charge in [-0.25, -0.2) is 0 Å². The summed E-state index contributed by atoms with van der Waals surface area (Å²) >= 11 is 0. The minimum atomic E-state index is 0.868. The van der Waals surface area contributed by atoms with Crippen molar-refractivity contribution in [2.75, 3.05) is 0 Å². The fourth-order valence-electron chi connectivity index (χ4n) is 2.98. The zero-order valence-corrected chi connectivity index (χ0v) is 12.0. The molecule has 1 rings (SSSR count). The Balaban J connectivity index is 2.23. The van der Waals surface area contributed by atoms with Crippen LogP contribution in [-0.4, -0.2) is 0 Å². The van der Waals surface area contributed by atoms with E-state index in [-0.39, 0.29) is 0 Å². The molecule has 0 aromatic rings. The molecule has 1 saturated carbocycles. The van der Waals surface area contributed by atoms with Gasteiger partial charge in [0.2, 0.25) is 0 Å². The molecule has 1 aliphatic rings. The van der Waals surface area contributed by atoms with E-state index < -0.39 is 0 Å². The maximum absolute atomic E-state index is 4.25. The van der Waals surface area contributed by atoms with Crippen LogP contribution in [0, 0.1) is 5.92 Å². The van der Waals surface area contributed by atoms with Gasteiger partial charge in [0.15, 0.2) is 0 Å². The van der Waals surface area contributed by atoms with E-state index >= 15 is 0 Å². The average molecular weight is 236 g/mol. The highest BCUT2D eigenvalue weighted by Crippen LogP contribution is 2.22. The Morgan fingerprint density at radius 2 is 1.24 bits per heavy atom. The third-order valence-corrected chi connectivity index (χ3v) is 4.11. The first-order valence-corrected chi connectivity index (χ1v) is 7.95.